The summed E-state index contributed by atoms with van der Waals surface area (Å²) in [5, 5.41) is 8.94. The van der Waals surface area contributed by atoms with E-state index in [1.165, 1.54) is 4.31 Å². The van der Waals surface area contributed by atoms with E-state index in [1.54, 1.807) is 18.2 Å². The third-order valence-electron chi connectivity index (χ3n) is 3.58. The van der Waals surface area contributed by atoms with E-state index in [9.17, 15) is 13.2 Å². The number of aliphatic carboxylic acids is 1. The van der Waals surface area contributed by atoms with Gasteiger partial charge < -0.3 is 5.11 Å². The van der Waals surface area contributed by atoms with Crippen molar-refractivity contribution in [2.75, 3.05) is 13.1 Å². The Bertz CT molecular complexity index is 621. The zero-order valence-electron chi connectivity index (χ0n) is 11.0. The number of carbonyl (C=O) groups is 1. The lowest BCUT2D eigenvalue weighted by Gasteiger charge is -2.29. The van der Waals surface area contributed by atoms with Crippen molar-refractivity contribution in [3.63, 3.8) is 0 Å². The van der Waals surface area contributed by atoms with E-state index in [2.05, 4.69) is 15.9 Å². The number of sulfonamides is 1. The molecule has 1 saturated heterocycles. The molecule has 5 nitrogen and oxygen atoms in total. The molecule has 0 aromatic heterocycles. The Hall–Kier alpha value is -0.920. The molecule has 1 N–H and O–H groups in total. The molecule has 7 heteroatoms. The van der Waals surface area contributed by atoms with Crippen molar-refractivity contribution in [3.05, 3.63) is 28.2 Å². The minimum absolute atomic E-state index is 0.240. The molecule has 0 radical (unpaired) electrons. The number of hydrogen-bond acceptors (Lipinski definition) is 3. The monoisotopic (exact) mass is 361 g/mol. The van der Waals surface area contributed by atoms with Crippen LogP contribution in [0.2, 0.25) is 0 Å². The van der Waals surface area contributed by atoms with Crippen molar-refractivity contribution < 1.29 is 18.3 Å². The highest BCUT2D eigenvalue weighted by molar-refractivity contribution is 9.10. The van der Waals surface area contributed by atoms with E-state index in [0.717, 1.165) is 10.0 Å². The number of halogens is 1. The number of carboxylic acids is 1. The van der Waals surface area contributed by atoms with Gasteiger partial charge in [-0.15, -0.1) is 0 Å². The summed E-state index contributed by atoms with van der Waals surface area (Å²) in [5.41, 5.74) is 0.966. The summed E-state index contributed by atoms with van der Waals surface area (Å²) in [4.78, 5) is 11.1. The highest BCUT2D eigenvalue weighted by atomic mass is 79.9. The molecule has 0 amide bonds. The Morgan fingerprint density at radius 2 is 1.95 bits per heavy atom. The lowest BCUT2D eigenvalue weighted by molar-refractivity contribution is -0.142. The average Bonchev–Trinajstić information content (AvgIpc) is 2.41. The van der Waals surface area contributed by atoms with Crippen LogP contribution in [0.5, 0.6) is 0 Å². The number of rotatable bonds is 3. The number of aryl methyl sites for hydroxylation is 1. The van der Waals surface area contributed by atoms with Gasteiger partial charge in [0.15, 0.2) is 0 Å². The molecule has 0 saturated carbocycles. The second kappa shape index (κ2) is 5.83. The van der Waals surface area contributed by atoms with Crippen molar-refractivity contribution in [1.82, 2.24) is 4.31 Å². The van der Waals surface area contributed by atoms with Crippen LogP contribution in [-0.2, 0) is 14.8 Å². The van der Waals surface area contributed by atoms with E-state index in [0.29, 0.717) is 12.8 Å². The third kappa shape index (κ3) is 3.05. The first-order valence-electron chi connectivity index (χ1n) is 6.31. The molecule has 0 bridgehead atoms. The zero-order chi connectivity index (χ0) is 14.9. The molecule has 1 aliphatic heterocycles. The molecule has 1 aromatic rings. The topological polar surface area (TPSA) is 74.7 Å². The molecule has 1 fully saturated rings. The minimum Gasteiger partial charge on any atom is -0.481 e. The number of hydrogen-bond donors (Lipinski definition) is 1. The van der Waals surface area contributed by atoms with Crippen LogP contribution in [0.4, 0.5) is 0 Å². The van der Waals surface area contributed by atoms with Gasteiger partial charge in [-0.2, -0.15) is 4.31 Å². The molecular formula is C13H16BrNO4S. The van der Waals surface area contributed by atoms with Gasteiger partial charge in [-0.3, -0.25) is 4.79 Å². The summed E-state index contributed by atoms with van der Waals surface area (Å²) in [6, 6.07) is 4.92. The maximum absolute atomic E-state index is 12.5. The smallest absolute Gasteiger partial charge is 0.306 e. The fourth-order valence-electron chi connectivity index (χ4n) is 2.23. The van der Waals surface area contributed by atoms with E-state index >= 15 is 0 Å². The Balaban J connectivity index is 2.19. The summed E-state index contributed by atoms with van der Waals surface area (Å²) < 4.78 is 27.1. The van der Waals surface area contributed by atoms with Gasteiger partial charge >= 0.3 is 5.97 Å². The van der Waals surface area contributed by atoms with Crippen LogP contribution >= 0.6 is 15.9 Å². The number of nitrogens with zero attached hydrogens (tertiary/aromatic N) is 1. The van der Waals surface area contributed by atoms with Gasteiger partial charge in [0.2, 0.25) is 10.0 Å². The van der Waals surface area contributed by atoms with E-state index in [1.807, 2.05) is 6.92 Å². The van der Waals surface area contributed by atoms with Gasteiger partial charge in [0.25, 0.3) is 0 Å². The summed E-state index contributed by atoms with van der Waals surface area (Å²) in [7, 11) is -3.54. The van der Waals surface area contributed by atoms with Crippen LogP contribution in [0.1, 0.15) is 18.4 Å². The molecule has 20 heavy (non-hydrogen) atoms. The molecule has 1 heterocycles. The van der Waals surface area contributed by atoms with Crippen LogP contribution in [0.3, 0.4) is 0 Å². The van der Waals surface area contributed by atoms with Crippen LogP contribution in [-0.4, -0.2) is 36.9 Å². The van der Waals surface area contributed by atoms with Gasteiger partial charge in [0, 0.05) is 17.6 Å². The summed E-state index contributed by atoms with van der Waals surface area (Å²) >= 11 is 3.33. The predicted octanol–water partition coefficient (Wildman–Crippen LogP) is 2.24. The fraction of sp³-hybridized carbons (Fsp3) is 0.462. The van der Waals surface area contributed by atoms with Gasteiger partial charge in [0.05, 0.1) is 10.8 Å². The SMILES string of the molecule is Cc1ccc(S(=O)(=O)N2CCC(C(=O)O)CC2)cc1Br. The van der Waals surface area contributed by atoms with Gasteiger partial charge in [-0.05, 0) is 37.5 Å². The first kappa shape index (κ1) is 15.5. The Morgan fingerprint density at radius 3 is 2.45 bits per heavy atom. The van der Waals surface area contributed by atoms with Crippen molar-refractivity contribution >= 4 is 31.9 Å². The molecular weight excluding hydrogens is 346 g/mol. The van der Waals surface area contributed by atoms with Crippen molar-refractivity contribution in [1.29, 1.82) is 0 Å². The summed E-state index contributed by atoms with van der Waals surface area (Å²) in [6.07, 6.45) is 0.725. The maximum Gasteiger partial charge on any atom is 0.306 e. The first-order valence-corrected chi connectivity index (χ1v) is 8.55. The summed E-state index contributed by atoms with van der Waals surface area (Å²) in [5.74, 6) is -1.29. The Morgan fingerprint density at radius 1 is 1.35 bits per heavy atom. The standard InChI is InChI=1S/C13H16BrNO4S/c1-9-2-3-11(8-12(9)14)20(18,19)15-6-4-10(5-7-15)13(16)17/h2-3,8,10H,4-7H2,1H3,(H,16,17). The quantitative estimate of drug-likeness (QED) is 0.895. The zero-order valence-corrected chi connectivity index (χ0v) is 13.4. The van der Waals surface area contributed by atoms with E-state index in [4.69, 9.17) is 5.11 Å². The van der Waals surface area contributed by atoms with Crippen LogP contribution in [0, 0.1) is 12.8 Å². The minimum atomic E-state index is -3.54. The third-order valence-corrected chi connectivity index (χ3v) is 6.33. The second-order valence-corrected chi connectivity index (χ2v) is 7.72. The van der Waals surface area contributed by atoms with Gasteiger partial charge in [-0.1, -0.05) is 22.0 Å². The highest BCUT2D eigenvalue weighted by Crippen LogP contribution is 2.26. The molecule has 0 aliphatic carbocycles. The molecule has 0 spiro atoms. The number of carboxylic acid groups (broad SMARTS) is 1. The number of piperidine rings is 1. The molecule has 2 rings (SSSR count). The van der Waals surface area contributed by atoms with Gasteiger partial charge in [0.1, 0.15) is 0 Å². The lowest BCUT2D eigenvalue weighted by Crippen LogP contribution is -2.40. The normalized spacial score (nSPS) is 18.1. The maximum atomic E-state index is 12.5. The van der Waals surface area contributed by atoms with Crippen molar-refractivity contribution in [2.24, 2.45) is 5.92 Å². The molecule has 1 aliphatic rings. The van der Waals surface area contributed by atoms with E-state index in [-0.39, 0.29) is 18.0 Å². The van der Waals surface area contributed by atoms with Crippen LogP contribution in [0.25, 0.3) is 0 Å². The number of benzene rings is 1. The van der Waals surface area contributed by atoms with Crippen molar-refractivity contribution in [2.45, 2.75) is 24.7 Å². The second-order valence-electron chi connectivity index (χ2n) is 4.93. The van der Waals surface area contributed by atoms with Crippen LogP contribution < -0.4 is 0 Å². The fourth-order valence-corrected chi connectivity index (χ4v) is 4.25. The van der Waals surface area contributed by atoms with Crippen molar-refractivity contribution in [3.8, 4) is 0 Å². The first-order chi connectivity index (χ1) is 9.32. The Labute approximate surface area is 126 Å². The summed E-state index contributed by atoms with van der Waals surface area (Å²) in [6.45, 7) is 2.40. The molecule has 1 aromatic carbocycles. The lowest BCUT2D eigenvalue weighted by atomic mass is 9.99. The highest BCUT2D eigenvalue weighted by Gasteiger charge is 2.32. The Kier molecular flexibility index (Phi) is 4.51. The molecule has 110 valence electrons. The van der Waals surface area contributed by atoms with Gasteiger partial charge in [-0.25, -0.2) is 8.42 Å². The molecule has 0 unspecified atom stereocenters. The predicted molar refractivity (Wildman–Crippen MR) is 78.0 cm³/mol. The largest absolute Gasteiger partial charge is 0.481 e. The van der Waals surface area contributed by atoms with Crippen LogP contribution in [0.15, 0.2) is 27.6 Å². The average molecular weight is 362 g/mol. The van der Waals surface area contributed by atoms with E-state index < -0.39 is 21.9 Å². The molecule has 0 atom stereocenters.